The van der Waals surface area contributed by atoms with E-state index in [2.05, 4.69) is 0 Å². The van der Waals surface area contributed by atoms with Crippen LogP contribution in [-0.2, 0) is 11.2 Å². The second kappa shape index (κ2) is 5.64. The molecule has 1 aliphatic heterocycles. The molecule has 1 atom stereocenters. The van der Waals surface area contributed by atoms with E-state index in [1.807, 2.05) is 13.0 Å². The predicted molar refractivity (Wildman–Crippen MR) is 70.8 cm³/mol. The minimum Gasteiger partial charge on any atom is -0.334 e. The normalized spacial score (nSPS) is 19.4. The molecule has 1 heterocycles. The zero-order valence-electron chi connectivity index (χ0n) is 11.0. The molecular formula is C14H15ClF3NO. The van der Waals surface area contributed by atoms with Gasteiger partial charge in [-0.3, -0.25) is 4.79 Å². The molecule has 110 valence electrons. The van der Waals surface area contributed by atoms with Crippen molar-refractivity contribution in [2.45, 2.75) is 31.9 Å². The Balaban J connectivity index is 2.30. The lowest BCUT2D eigenvalue weighted by Gasteiger charge is -2.25. The molecule has 0 saturated heterocycles. The number of alkyl halides is 3. The summed E-state index contributed by atoms with van der Waals surface area (Å²) in [6.07, 6.45) is -3.74. The molecule has 20 heavy (non-hydrogen) atoms. The van der Waals surface area contributed by atoms with Gasteiger partial charge in [-0.1, -0.05) is 24.6 Å². The van der Waals surface area contributed by atoms with Crippen LogP contribution in [-0.4, -0.2) is 30.1 Å². The second-order valence-electron chi connectivity index (χ2n) is 4.95. The Morgan fingerprint density at radius 1 is 1.45 bits per heavy atom. The van der Waals surface area contributed by atoms with E-state index in [-0.39, 0.29) is 19.0 Å². The third kappa shape index (κ3) is 3.08. The average Bonchev–Trinajstić information content (AvgIpc) is 2.55. The highest BCUT2D eigenvalue weighted by Crippen LogP contribution is 2.31. The molecule has 1 aromatic rings. The van der Waals surface area contributed by atoms with E-state index < -0.39 is 12.1 Å². The lowest BCUT2D eigenvalue weighted by Crippen LogP contribution is -2.43. The Kier molecular flexibility index (Phi) is 4.28. The second-order valence-corrected chi connectivity index (χ2v) is 5.38. The Bertz CT molecular complexity index is 516. The number of hydrogen-bond acceptors (Lipinski definition) is 1. The van der Waals surface area contributed by atoms with Crippen LogP contribution in [0, 0.1) is 0 Å². The highest BCUT2D eigenvalue weighted by atomic mass is 35.5. The maximum Gasteiger partial charge on any atom is 0.471 e. The van der Waals surface area contributed by atoms with Crippen LogP contribution in [0.15, 0.2) is 18.2 Å². The van der Waals surface area contributed by atoms with Crippen molar-refractivity contribution in [2.75, 3.05) is 13.1 Å². The minimum absolute atomic E-state index is 0.0716. The molecule has 0 fully saturated rings. The van der Waals surface area contributed by atoms with E-state index >= 15 is 0 Å². The highest BCUT2D eigenvalue weighted by molar-refractivity contribution is 6.30. The molecule has 0 bridgehead atoms. The van der Waals surface area contributed by atoms with Crippen molar-refractivity contribution in [1.82, 2.24) is 4.90 Å². The summed E-state index contributed by atoms with van der Waals surface area (Å²) in [4.78, 5) is 12.3. The van der Waals surface area contributed by atoms with Crippen molar-refractivity contribution >= 4 is 17.5 Å². The van der Waals surface area contributed by atoms with E-state index in [1.54, 1.807) is 12.1 Å². The van der Waals surface area contributed by atoms with Crippen LogP contribution < -0.4 is 0 Å². The maximum absolute atomic E-state index is 12.6. The smallest absolute Gasteiger partial charge is 0.334 e. The van der Waals surface area contributed by atoms with Gasteiger partial charge >= 0.3 is 12.1 Å². The molecule has 2 nitrogen and oxygen atoms in total. The van der Waals surface area contributed by atoms with Gasteiger partial charge in [0.15, 0.2) is 0 Å². The first kappa shape index (κ1) is 15.2. The van der Waals surface area contributed by atoms with E-state index in [9.17, 15) is 18.0 Å². The number of rotatable bonds is 1. The zero-order valence-corrected chi connectivity index (χ0v) is 11.8. The summed E-state index contributed by atoms with van der Waals surface area (Å²) in [5, 5.41) is 0.564. The SMILES string of the molecule is CCC1CN(C(=O)C(F)(F)F)CCc2cc(Cl)ccc21. The molecule has 2 rings (SSSR count). The lowest BCUT2D eigenvalue weighted by molar-refractivity contribution is -0.185. The largest absolute Gasteiger partial charge is 0.471 e. The van der Waals surface area contributed by atoms with Gasteiger partial charge < -0.3 is 4.90 Å². The van der Waals surface area contributed by atoms with Gasteiger partial charge in [-0.2, -0.15) is 13.2 Å². The average molecular weight is 306 g/mol. The molecule has 1 amide bonds. The first-order chi connectivity index (χ1) is 9.32. The van der Waals surface area contributed by atoms with E-state index in [0.29, 0.717) is 17.9 Å². The molecule has 0 N–H and O–H groups in total. The van der Waals surface area contributed by atoms with Crippen LogP contribution in [0.25, 0.3) is 0 Å². The summed E-state index contributed by atoms with van der Waals surface area (Å²) in [6, 6.07) is 5.37. The number of fused-ring (bicyclic) bond motifs is 1. The fourth-order valence-corrected chi connectivity index (χ4v) is 2.81. The third-order valence-corrected chi connectivity index (χ3v) is 3.89. The number of halogens is 4. The van der Waals surface area contributed by atoms with Gasteiger partial charge in [-0.25, -0.2) is 0 Å². The topological polar surface area (TPSA) is 20.3 Å². The maximum atomic E-state index is 12.6. The van der Waals surface area contributed by atoms with E-state index in [4.69, 9.17) is 11.6 Å². The van der Waals surface area contributed by atoms with Crippen molar-refractivity contribution < 1.29 is 18.0 Å². The molecule has 1 aliphatic rings. The van der Waals surface area contributed by atoms with Crippen LogP contribution in [0.2, 0.25) is 5.02 Å². The Labute approximate surface area is 120 Å². The zero-order chi connectivity index (χ0) is 14.9. The number of benzene rings is 1. The van der Waals surface area contributed by atoms with Crippen molar-refractivity contribution in [3.05, 3.63) is 34.3 Å². The molecule has 1 unspecified atom stereocenters. The van der Waals surface area contributed by atoms with Crippen LogP contribution in [0.3, 0.4) is 0 Å². The van der Waals surface area contributed by atoms with Gasteiger partial charge in [0.2, 0.25) is 0 Å². The Hall–Kier alpha value is -1.23. The minimum atomic E-state index is -4.81. The van der Waals surface area contributed by atoms with Crippen molar-refractivity contribution in [3.8, 4) is 0 Å². The molecule has 0 aromatic heterocycles. The Morgan fingerprint density at radius 3 is 2.75 bits per heavy atom. The lowest BCUT2D eigenvalue weighted by atomic mass is 9.92. The number of hydrogen-bond donors (Lipinski definition) is 0. The van der Waals surface area contributed by atoms with Crippen LogP contribution in [0.1, 0.15) is 30.4 Å². The van der Waals surface area contributed by atoms with E-state index in [0.717, 1.165) is 16.0 Å². The molecule has 0 aliphatic carbocycles. The summed E-state index contributed by atoms with van der Waals surface area (Å²) in [6.45, 7) is 2.08. The molecule has 6 heteroatoms. The van der Waals surface area contributed by atoms with Gasteiger partial charge in [0.25, 0.3) is 0 Å². The van der Waals surface area contributed by atoms with Crippen molar-refractivity contribution in [1.29, 1.82) is 0 Å². The summed E-state index contributed by atoms with van der Waals surface area (Å²) in [7, 11) is 0. The summed E-state index contributed by atoms with van der Waals surface area (Å²) < 4.78 is 37.7. The number of nitrogens with zero attached hydrogens (tertiary/aromatic N) is 1. The monoisotopic (exact) mass is 305 g/mol. The predicted octanol–water partition coefficient (Wildman–Crippen LogP) is 3.78. The third-order valence-electron chi connectivity index (χ3n) is 3.66. The number of carbonyl (C=O) groups excluding carboxylic acids is 1. The number of amides is 1. The fraction of sp³-hybridized carbons (Fsp3) is 0.500. The molecule has 0 radical (unpaired) electrons. The van der Waals surface area contributed by atoms with Gasteiger partial charge in [0, 0.05) is 24.0 Å². The van der Waals surface area contributed by atoms with Crippen molar-refractivity contribution in [2.24, 2.45) is 0 Å². The van der Waals surface area contributed by atoms with Gasteiger partial charge in [-0.05, 0) is 36.1 Å². The molecule has 0 spiro atoms. The van der Waals surface area contributed by atoms with Crippen LogP contribution >= 0.6 is 11.6 Å². The first-order valence-corrected chi connectivity index (χ1v) is 6.85. The standard InChI is InChI=1S/C14H15ClF3NO/c1-2-9-8-19(13(20)14(16,17)18)6-5-10-7-11(15)3-4-12(9)10/h3-4,7,9H,2,5-6,8H2,1H3. The van der Waals surface area contributed by atoms with E-state index in [1.165, 1.54) is 0 Å². The summed E-state index contributed by atoms with van der Waals surface area (Å²) >= 11 is 5.93. The molecule has 0 saturated carbocycles. The first-order valence-electron chi connectivity index (χ1n) is 6.47. The number of carbonyl (C=O) groups is 1. The Morgan fingerprint density at radius 2 is 2.15 bits per heavy atom. The summed E-state index contributed by atoms with van der Waals surface area (Å²) in [5.74, 6) is -1.84. The summed E-state index contributed by atoms with van der Waals surface area (Å²) in [5.41, 5.74) is 1.93. The van der Waals surface area contributed by atoms with Gasteiger partial charge in [-0.15, -0.1) is 0 Å². The molecular weight excluding hydrogens is 291 g/mol. The van der Waals surface area contributed by atoms with Gasteiger partial charge in [0.1, 0.15) is 0 Å². The quantitative estimate of drug-likeness (QED) is 0.773. The van der Waals surface area contributed by atoms with Crippen LogP contribution in [0.5, 0.6) is 0 Å². The van der Waals surface area contributed by atoms with Crippen LogP contribution in [0.4, 0.5) is 13.2 Å². The van der Waals surface area contributed by atoms with Gasteiger partial charge in [0.05, 0.1) is 0 Å². The fourth-order valence-electron chi connectivity index (χ4n) is 2.61. The van der Waals surface area contributed by atoms with Crippen molar-refractivity contribution in [3.63, 3.8) is 0 Å². The molecule has 1 aromatic carbocycles. The highest BCUT2D eigenvalue weighted by Gasteiger charge is 2.43.